The molecule has 0 bridgehead atoms. The van der Waals surface area contributed by atoms with Crippen LogP contribution in [0.15, 0.2) is 53.6 Å². The second-order valence-corrected chi connectivity index (χ2v) is 7.74. The Morgan fingerprint density at radius 3 is 2.67 bits per heavy atom. The molecule has 3 aromatic rings. The Morgan fingerprint density at radius 1 is 1.20 bits per heavy atom. The molecule has 1 aliphatic rings. The van der Waals surface area contributed by atoms with Gasteiger partial charge in [-0.05, 0) is 62.1 Å². The van der Waals surface area contributed by atoms with Crippen molar-refractivity contribution >= 4 is 11.7 Å². The third kappa shape index (κ3) is 4.45. The molecule has 2 aromatic heterocycles. The molecule has 0 spiro atoms. The minimum Gasteiger partial charge on any atom is -0.489 e. The Kier molecular flexibility index (Phi) is 5.97. The van der Waals surface area contributed by atoms with Gasteiger partial charge in [0.1, 0.15) is 0 Å². The summed E-state index contributed by atoms with van der Waals surface area (Å²) >= 11 is 0. The average molecular weight is 406 g/mol. The normalized spacial score (nSPS) is 14.4. The van der Waals surface area contributed by atoms with Gasteiger partial charge < -0.3 is 15.0 Å². The molecule has 2 N–H and O–H groups in total. The quantitative estimate of drug-likeness (QED) is 0.646. The van der Waals surface area contributed by atoms with E-state index in [-0.39, 0.29) is 11.6 Å². The number of nitrogens with zero attached hydrogens (tertiary/aromatic N) is 2. The number of amides is 1. The lowest BCUT2D eigenvalue weighted by Gasteiger charge is -2.22. The summed E-state index contributed by atoms with van der Waals surface area (Å²) in [5.74, 6) is 1.29. The van der Waals surface area contributed by atoms with Crippen molar-refractivity contribution in [1.29, 1.82) is 0 Å². The summed E-state index contributed by atoms with van der Waals surface area (Å²) in [5, 5.41) is 2.84. The number of hydrogen-bond acceptors (Lipinski definition) is 4. The number of pyridine rings is 1. The Bertz CT molecular complexity index is 1060. The lowest BCUT2D eigenvalue weighted by atomic mass is 9.90. The molecule has 4 rings (SSSR count). The van der Waals surface area contributed by atoms with E-state index < -0.39 is 0 Å². The molecule has 1 saturated carbocycles. The van der Waals surface area contributed by atoms with E-state index in [9.17, 15) is 9.59 Å². The Labute approximate surface area is 175 Å². The van der Waals surface area contributed by atoms with Crippen LogP contribution < -0.4 is 15.7 Å². The molecule has 1 fully saturated rings. The highest BCUT2D eigenvalue weighted by atomic mass is 16.5. The monoisotopic (exact) mass is 406 g/mol. The van der Waals surface area contributed by atoms with Crippen LogP contribution >= 0.6 is 0 Å². The first-order chi connectivity index (χ1) is 14.6. The third-order valence-corrected chi connectivity index (χ3v) is 5.55. The van der Waals surface area contributed by atoms with Crippen molar-refractivity contribution in [2.24, 2.45) is 5.92 Å². The molecule has 1 amide bonds. The third-order valence-electron chi connectivity index (χ3n) is 5.55. The van der Waals surface area contributed by atoms with Crippen LogP contribution in [-0.4, -0.2) is 27.0 Å². The number of nitrogens with one attached hydrogen (secondary N) is 2. The molecule has 0 unspecified atom stereocenters. The van der Waals surface area contributed by atoms with Gasteiger partial charge >= 0.3 is 5.69 Å². The number of aromatic nitrogens is 3. The number of aromatic amines is 1. The zero-order valence-corrected chi connectivity index (χ0v) is 17.1. The van der Waals surface area contributed by atoms with Gasteiger partial charge in [0.2, 0.25) is 0 Å². The van der Waals surface area contributed by atoms with Crippen LogP contribution in [0.5, 0.6) is 5.75 Å². The van der Waals surface area contributed by atoms with Crippen LogP contribution in [0.1, 0.15) is 48.2 Å². The summed E-state index contributed by atoms with van der Waals surface area (Å²) in [5.41, 5.74) is 1.76. The fourth-order valence-electron chi connectivity index (χ4n) is 3.88. The molecule has 1 aliphatic carbocycles. The standard InChI is InChI=1S/C23H26N4O3/c1-16-14-25-23(29)27(16)19-11-9-18(10-12-19)22(28)26-21-20(8-5-13-24-21)30-15-17-6-3-2-4-7-17/h5,8-14,17H,2-4,6-7,15H2,1H3,(H,25,29)(H,24,26,28). The van der Waals surface area contributed by atoms with Gasteiger partial charge in [0.15, 0.2) is 11.6 Å². The summed E-state index contributed by atoms with van der Waals surface area (Å²) < 4.78 is 7.54. The van der Waals surface area contributed by atoms with Gasteiger partial charge in [0.05, 0.1) is 12.3 Å². The maximum Gasteiger partial charge on any atom is 0.330 e. The molecular formula is C23H26N4O3. The second kappa shape index (κ2) is 8.98. The number of ether oxygens (including phenoxy) is 1. The largest absolute Gasteiger partial charge is 0.489 e. The Morgan fingerprint density at radius 2 is 1.97 bits per heavy atom. The topological polar surface area (TPSA) is 89.0 Å². The highest BCUT2D eigenvalue weighted by Crippen LogP contribution is 2.27. The minimum atomic E-state index is -0.277. The van der Waals surface area contributed by atoms with Gasteiger partial charge in [0, 0.05) is 23.7 Å². The van der Waals surface area contributed by atoms with E-state index >= 15 is 0 Å². The van der Waals surface area contributed by atoms with Crippen molar-refractivity contribution in [2.45, 2.75) is 39.0 Å². The number of aryl methyl sites for hydroxylation is 1. The van der Waals surface area contributed by atoms with E-state index in [1.165, 1.54) is 32.1 Å². The first-order valence-corrected chi connectivity index (χ1v) is 10.4. The van der Waals surface area contributed by atoms with Crippen LogP contribution in [0.25, 0.3) is 5.69 Å². The molecular weight excluding hydrogens is 380 g/mol. The van der Waals surface area contributed by atoms with Crippen LogP contribution in [0.3, 0.4) is 0 Å². The zero-order chi connectivity index (χ0) is 20.9. The Balaban J connectivity index is 1.44. The lowest BCUT2D eigenvalue weighted by Crippen LogP contribution is -2.18. The maximum absolute atomic E-state index is 12.7. The van der Waals surface area contributed by atoms with Crippen molar-refractivity contribution in [3.05, 3.63) is 70.5 Å². The lowest BCUT2D eigenvalue weighted by molar-refractivity contribution is 0.102. The van der Waals surface area contributed by atoms with Crippen LogP contribution in [0.2, 0.25) is 0 Å². The number of benzene rings is 1. The molecule has 1 aromatic carbocycles. The van der Waals surface area contributed by atoms with Crippen LogP contribution in [0, 0.1) is 12.8 Å². The minimum absolute atomic E-state index is 0.210. The molecule has 0 saturated heterocycles. The number of anilines is 1. The van der Waals surface area contributed by atoms with Crippen molar-refractivity contribution in [2.75, 3.05) is 11.9 Å². The molecule has 2 heterocycles. The fourth-order valence-corrected chi connectivity index (χ4v) is 3.88. The fraction of sp³-hybridized carbons (Fsp3) is 0.348. The molecule has 0 radical (unpaired) electrons. The first kappa shape index (κ1) is 19.9. The molecule has 30 heavy (non-hydrogen) atoms. The molecule has 156 valence electrons. The van der Waals surface area contributed by atoms with E-state index in [0.717, 1.165) is 5.69 Å². The summed E-state index contributed by atoms with van der Waals surface area (Å²) in [6.07, 6.45) is 9.49. The van der Waals surface area contributed by atoms with E-state index in [1.807, 2.05) is 13.0 Å². The van der Waals surface area contributed by atoms with Crippen molar-refractivity contribution in [3.63, 3.8) is 0 Å². The SMILES string of the molecule is Cc1c[nH]c(=O)n1-c1ccc(C(=O)Nc2ncccc2OCC2CCCCC2)cc1. The van der Waals surface area contributed by atoms with Crippen molar-refractivity contribution < 1.29 is 9.53 Å². The van der Waals surface area contributed by atoms with Crippen molar-refractivity contribution in [3.8, 4) is 11.4 Å². The van der Waals surface area contributed by atoms with Gasteiger partial charge in [-0.3, -0.25) is 9.36 Å². The highest BCUT2D eigenvalue weighted by Gasteiger charge is 2.16. The van der Waals surface area contributed by atoms with Crippen LogP contribution in [0.4, 0.5) is 5.82 Å². The number of hydrogen-bond donors (Lipinski definition) is 2. The average Bonchev–Trinajstić information content (AvgIpc) is 3.12. The summed E-state index contributed by atoms with van der Waals surface area (Å²) in [6.45, 7) is 2.49. The molecule has 7 nitrogen and oxygen atoms in total. The molecule has 7 heteroatoms. The Hall–Kier alpha value is -3.35. The number of imidazole rings is 1. The molecule has 0 aliphatic heterocycles. The van der Waals surface area contributed by atoms with Crippen LogP contribution in [-0.2, 0) is 0 Å². The van der Waals surface area contributed by atoms with E-state index in [4.69, 9.17) is 4.74 Å². The summed E-state index contributed by atoms with van der Waals surface area (Å²) in [7, 11) is 0. The maximum atomic E-state index is 12.7. The number of H-pyrrole nitrogens is 1. The van der Waals surface area contributed by atoms with Gasteiger partial charge in [0.25, 0.3) is 5.91 Å². The van der Waals surface area contributed by atoms with Gasteiger partial charge in [-0.25, -0.2) is 9.78 Å². The summed E-state index contributed by atoms with van der Waals surface area (Å²) in [4.78, 5) is 31.6. The second-order valence-electron chi connectivity index (χ2n) is 7.74. The summed E-state index contributed by atoms with van der Waals surface area (Å²) in [6, 6.07) is 10.5. The zero-order valence-electron chi connectivity index (χ0n) is 17.1. The predicted octanol–water partition coefficient (Wildman–Crippen LogP) is 4.08. The number of carbonyl (C=O) groups excluding carboxylic acids is 1. The highest BCUT2D eigenvalue weighted by molar-refractivity contribution is 6.04. The van der Waals surface area contributed by atoms with E-state index in [1.54, 1.807) is 47.3 Å². The smallest absolute Gasteiger partial charge is 0.330 e. The van der Waals surface area contributed by atoms with E-state index in [2.05, 4.69) is 15.3 Å². The van der Waals surface area contributed by atoms with Gasteiger partial charge in [-0.15, -0.1) is 0 Å². The predicted molar refractivity (Wildman–Crippen MR) is 115 cm³/mol. The van der Waals surface area contributed by atoms with Gasteiger partial charge in [-0.1, -0.05) is 19.3 Å². The first-order valence-electron chi connectivity index (χ1n) is 10.4. The van der Waals surface area contributed by atoms with Crippen molar-refractivity contribution in [1.82, 2.24) is 14.5 Å². The van der Waals surface area contributed by atoms with E-state index in [0.29, 0.717) is 35.3 Å². The number of carbonyl (C=O) groups is 1. The van der Waals surface area contributed by atoms with Gasteiger partial charge in [-0.2, -0.15) is 0 Å². The molecule has 0 atom stereocenters. The number of rotatable bonds is 6.